The maximum atomic E-state index is 11.1. The first kappa shape index (κ1) is 29.3. The number of fused-ring (bicyclic) bond motifs is 5. The van der Waals surface area contributed by atoms with Crippen LogP contribution in [0.2, 0.25) is 0 Å². The molecule has 0 amide bonds. The van der Waals surface area contributed by atoms with Gasteiger partial charge in [0.05, 0.1) is 6.10 Å². The summed E-state index contributed by atoms with van der Waals surface area (Å²) in [6.45, 7) is 14.3. The fraction of sp³-hybridized carbons (Fsp3) is 0.786. The molecule has 4 nitrogen and oxygen atoms in total. The van der Waals surface area contributed by atoms with E-state index >= 15 is 0 Å². The van der Waals surface area contributed by atoms with Gasteiger partial charge in [0.15, 0.2) is 0 Å². The molecule has 0 aromatic carbocycles. The van der Waals surface area contributed by atoms with Crippen LogP contribution in [-0.2, 0) is 14.6 Å². The summed E-state index contributed by atoms with van der Waals surface area (Å²) < 4.78 is 38.2. The van der Waals surface area contributed by atoms with E-state index in [1.54, 1.807) is 5.57 Å². The summed E-state index contributed by atoms with van der Waals surface area (Å²) in [5, 5.41) is 0. The monoisotopic (exact) mass is 514 g/mol. The van der Waals surface area contributed by atoms with Crippen LogP contribution < -0.4 is 51.4 Å². The van der Waals surface area contributed by atoms with Crippen molar-refractivity contribution in [3.63, 3.8) is 0 Å². The largest absolute Gasteiger partial charge is 1.00 e. The van der Waals surface area contributed by atoms with Crippen LogP contribution in [-0.4, -0.2) is 19.1 Å². The smallest absolute Gasteiger partial charge is 0.726 e. The van der Waals surface area contributed by atoms with Crippen molar-refractivity contribution in [3.8, 4) is 0 Å². The number of hydrogen-bond acceptors (Lipinski definition) is 4. The maximum Gasteiger partial charge on any atom is 1.00 e. The summed E-state index contributed by atoms with van der Waals surface area (Å²) in [4.78, 5) is 0. The van der Waals surface area contributed by atoms with Crippen molar-refractivity contribution >= 4 is 10.4 Å². The van der Waals surface area contributed by atoms with Crippen LogP contribution in [0.1, 0.15) is 86.5 Å². The Morgan fingerprint density at radius 1 is 1.00 bits per heavy atom. The molecule has 4 aliphatic rings. The second kappa shape index (κ2) is 10.8. The molecule has 0 bridgehead atoms. The van der Waals surface area contributed by atoms with E-state index in [2.05, 4.69) is 65.8 Å². The predicted molar refractivity (Wildman–Crippen MR) is 132 cm³/mol. The van der Waals surface area contributed by atoms with E-state index in [0.717, 1.165) is 12.3 Å². The van der Waals surface area contributed by atoms with Crippen molar-refractivity contribution in [1.82, 2.24) is 0 Å². The first-order valence-electron chi connectivity index (χ1n) is 13.1. The minimum atomic E-state index is -4.65. The van der Waals surface area contributed by atoms with E-state index in [1.165, 1.54) is 31.3 Å². The number of allylic oxidation sites excluding steroid dienone is 5. The summed E-state index contributed by atoms with van der Waals surface area (Å²) in [7, 11) is -4.65. The summed E-state index contributed by atoms with van der Waals surface area (Å²) in [6.07, 6.45) is 16.2. The van der Waals surface area contributed by atoms with Crippen LogP contribution in [0.25, 0.3) is 0 Å². The van der Waals surface area contributed by atoms with Crippen molar-refractivity contribution < 1.29 is 68.5 Å². The third kappa shape index (κ3) is 5.60. The molecule has 0 radical (unpaired) electrons. The van der Waals surface area contributed by atoms with Gasteiger partial charge in [0.1, 0.15) is 0 Å². The molecule has 0 spiro atoms. The Bertz CT molecular complexity index is 951. The standard InChI is InChI=1S/C28H44O4S.K/c1-18(2)19(3)7-8-20(4)24-11-12-25-23-10-9-21-17-22(32-33(29,30)31)13-15-27(21,5)26(23)14-16-28(24,25)6;/h7-10,18-20,22,24-26H,11-17H2,1-6H3,(H,29,30,31);/q;+1/p-1/t19-,20+,22-,24+,25?,26?,27-,28+;/m0./s1. The van der Waals surface area contributed by atoms with Gasteiger partial charge in [-0.15, -0.1) is 0 Å². The second-order valence-corrected chi connectivity index (χ2v) is 13.3. The van der Waals surface area contributed by atoms with E-state index in [9.17, 15) is 13.0 Å². The van der Waals surface area contributed by atoms with Gasteiger partial charge in [-0.1, -0.05) is 77.0 Å². The Balaban J connectivity index is 0.00000324. The SMILES string of the molecule is CC(C)[C@@H](C)C=C[C@@H](C)[C@H]1CCC2C3=CC=C4C[C@@H](OS(=O)(=O)[O-])CC[C@]4(C)C3CC[C@@]21C.[K+]. The van der Waals surface area contributed by atoms with Crippen LogP contribution in [0.5, 0.6) is 0 Å². The summed E-state index contributed by atoms with van der Waals surface area (Å²) in [5.41, 5.74) is 3.33. The third-order valence-corrected chi connectivity index (χ3v) is 10.8. The van der Waals surface area contributed by atoms with Gasteiger partial charge in [-0.3, -0.25) is 4.18 Å². The molecule has 6 heteroatoms. The van der Waals surface area contributed by atoms with E-state index in [0.29, 0.717) is 47.8 Å². The quantitative estimate of drug-likeness (QED) is 0.234. The molecule has 4 rings (SSSR count). The van der Waals surface area contributed by atoms with Crippen molar-refractivity contribution in [2.24, 2.45) is 46.3 Å². The average molecular weight is 515 g/mol. The topological polar surface area (TPSA) is 66.4 Å². The zero-order chi connectivity index (χ0) is 24.2. The van der Waals surface area contributed by atoms with Gasteiger partial charge in [-0.2, -0.15) is 0 Å². The van der Waals surface area contributed by atoms with Gasteiger partial charge in [-0.25, -0.2) is 8.42 Å². The molecule has 3 saturated carbocycles. The number of rotatable bonds is 6. The summed E-state index contributed by atoms with van der Waals surface area (Å²) in [6, 6.07) is 0. The molecule has 0 heterocycles. The summed E-state index contributed by atoms with van der Waals surface area (Å²) >= 11 is 0. The molecule has 2 unspecified atom stereocenters. The third-order valence-electron chi connectivity index (χ3n) is 10.3. The van der Waals surface area contributed by atoms with Crippen molar-refractivity contribution in [2.45, 2.75) is 92.6 Å². The first-order chi connectivity index (χ1) is 15.3. The molecule has 0 aromatic heterocycles. The van der Waals surface area contributed by atoms with Crippen LogP contribution >= 0.6 is 0 Å². The molecule has 0 saturated heterocycles. The van der Waals surface area contributed by atoms with Gasteiger partial charge < -0.3 is 4.55 Å². The van der Waals surface area contributed by atoms with E-state index in [4.69, 9.17) is 4.18 Å². The Morgan fingerprint density at radius 2 is 1.71 bits per heavy atom. The normalized spacial score (nSPS) is 39.4. The Labute approximate surface area is 250 Å². The van der Waals surface area contributed by atoms with Gasteiger partial charge in [0.25, 0.3) is 0 Å². The van der Waals surface area contributed by atoms with Gasteiger partial charge in [0, 0.05) is 0 Å². The number of hydrogen-bond donors (Lipinski definition) is 0. The molecule has 34 heavy (non-hydrogen) atoms. The Kier molecular flexibility index (Phi) is 9.34. The van der Waals surface area contributed by atoms with Crippen LogP contribution in [0.4, 0.5) is 0 Å². The van der Waals surface area contributed by atoms with Gasteiger partial charge in [0.2, 0.25) is 10.4 Å². The minimum absolute atomic E-state index is 0. The zero-order valence-corrected chi connectivity index (χ0v) is 26.3. The fourth-order valence-electron chi connectivity index (χ4n) is 7.83. The molecule has 0 N–H and O–H groups in total. The molecule has 186 valence electrons. The second-order valence-electron chi connectivity index (χ2n) is 12.3. The van der Waals surface area contributed by atoms with Gasteiger partial charge in [-0.05, 0) is 91.3 Å². The molecule has 4 aliphatic carbocycles. The van der Waals surface area contributed by atoms with E-state index in [1.807, 2.05) is 0 Å². The molecule has 8 atom stereocenters. The van der Waals surface area contributed by atoms with Crippen molar-refractivity contribution in [1.29, 1.82) is 0 Å². The zero-order valence-electron chi connectivity index (χ0n) is 22.3. The molecule has 0 aliphatic heterocycles. The van der Waals surface area contributed by atoms with Crippen LogP contribution in [0.15, 0.2) is 35.5 Å². The molecular weight excluding hydrogens is 471 g/mol. The van der Waals surface area contributed by atoms with E-state index in [-0.39, 0.29) is 56.8 Å². The van der Waals surface area contributed by atoms with Crippen LogP contribution in [0.3, 0.4) is 0 Å². The van der Waals surface area contributed by atoms with Gasteiger partial charge >= 0.3 is 51.4 Å². The van der Waals surface area contributed by atoms with E-state index < -0.39 is 16.5 Å². The molecular formula is C28H43KO4S. The average Bonchev–Trinajstić information content (AvgIpc) is 3.08. The maximum absolute atomic E-state index is 11.1. The molecule has 3 fully saturated rings. The summed E-state index contributed by atoms with van der Waals surface area (Å²) in [5.74, 6) is 3.80. The molecule has 0 aromatic rings. The first-order valence-corrected chi connectivity index (χ1v) is 14.4. The Hall–Kier alpha value is 0.726. The van der Waals surface area contributed by atoms with Crippen LogP contribution in [0, 0.1) is 46.3 Å². The minimum Gasteiger partial charge on any atom is -0.726 e. The van der Waals surface area contributed by atoms with Crippen molar-refractivity contribution in [2.75, 3.05) is 0 Å². The predicted octanol–water partition coefficient (Wildman–Crippen LogP) is 3.82. The Morgan fingerprint density at radius 3 is 2.35 bits per heavy atom. The van der Waals surface area contributed by atoms with Crippen molar-refractivity contribution in [3.05, 3.63) is 35.5 Å². The fourth-order valence-corrected chi connectivity index (χ4v) is 8.33.